The Morgan fingerprint density at radius 1 is 1.45 bits per heavy atom. The fraction of sp³-hybridized carbons (Fsp3) is 0.0833. The van der Waals surface area contributed by atoms with Crippen molar-refractivity contribution in [1.29, 1.82) is 0 Å². The highest BCUT2D eigenvalue weighted by Crippen LogP contribution is 2.23. The van der Waals surface area contributed by atoms with E-state index in [4.69, 9.17) is 0 Å². The topological polar surface area (TPSA) is 85.6 Å². The first-order chi connectivity index (χ1) is 9.52. The average Bonchev–Trinajstić information content (AvgIpc) is 2.89. The molecule has 0 saturated heterocycles. The largest absolute Gasteiger partial charge is 0.465 e. The number of esters is 1. The third-order valence-electron chi connectivity index (χ3n) is 2.32. The number of methoxy groups -OCH3 is 1. The van der Waals surface area contributed by atoms with Crippen molar-refractivity contribution in [3.63, 3.8) is 0 Å². The van der Waals surface area contributed by atoms with Crippen LogP contribution in [0, 0.1) is 0 Å². The maximum atomic E-state index is 12.0. The van der Waals surface area contributed by atoms with Gasteiger partial charge in [0, 0.05) is 0 Å². The van der Waals surface area contributed by atoms with Crippen molar-refractivity contribution >= 4 is 44.8 Å². The van der Waals surface area contributed by atoms with Crippen LogP contribution in [0.1, 0.15) is 20.0 Å². The summed E-state index contributed by atoms with van der Waals surface area (Å²) in [7, 11) is 1.26. The Bertz CT molecular complexity index is 721. The molecule has 0 saturated carbocycles. The van der Waals surface area contributed by atoms with Gasteiger partial charge in [-0.05, 0) is 33.4 Å². The molecule has 0 radical (unpaired) electrons. The molecule has 1 N–H and O–H groups in total. The molecule has 0 spiro atoms. The predicted molar refractivity (Wildman–Crippen MR) is 76.3 cm³/mol. The zero-order valence-electron chi connectivity index (χ0n) is 10.1. The summed E-state index contributed by atoms with van der Waals surface area (Å²) in [6.07, 6.45) is 1.05. The highest BCUT2D eigenvalue weighted by molar-refractivity contribution is 9.10. The number of amides is 1. The first-order valence-electron chi connectivity index (χ1n) is 5.28. The molecule has 0 aliphatic rings. The van der Waals surface area contributed by atoms with Crippen LogP contribution in [0.4, 0.5) is 5.69 Å². The zero-order chi connectivity index (χ0) is 14.7. The molecular weight excluding hydrogens is 350 g/mol. The van der Waals surface area contributed by atoms with Crippen LogP contribution >= 0.6 is 27.3 Å². The Kier molecular flexibility index (Phi) is 4.35. The molecule has 2 aromatic rings. The van der Waals surface area contributed by atoms with E-state index in [2.05, 4.69) is 30.4 Å². The summed E-state index contributed by atoms with van der Waals surface area (Å²) < 4.78 is 9.43. The van der Waals surface area contributed by atoms with Gasteiger partial charge in [-0.2, -0.15) is 0 Å². The van der Waals surface area contributed by atoms with Crippen LogP contribution < -0.4 is 10.9 Å². The van der Waals surface area contributed by atoms with Gasteiger partial charge in [0.25, 0.3) is 5.91 Å². The number of carbonyl (C=O) groups is 2. The van der Waals surface area contributed by atoms with E-state index in [1.165, 1.54) is 13.2 Å². The van der Waals surface area contributed by atoms with Gasteiger partial charge in [-0.25, -0.2) is 9.59 Å². The van der Waals surface area contributed by atoms with E-state index in [1.807, 2.05) is 0 Å². The van der Waals surface area contributed by atoms with Crippen LogP contribution in [-0.4, -0.2) is 19.0 Å². The Labute approximate surface area is 125 Å². The number of thiophene rings is 1. The van der Waals surface area contributed by atoms with E-state index in [0.29, 0.717) is 5.69 Å². The van der Waals surface area contributed by atoms with E-state index in [0.717, 1.165) is 17.6 Å². The number of hydrogen-bond acceptors (Lipinski definition) is 6. The van der Waals surface area contributed by atoms with Crippen molar-refractivity contribution in [2.75, 3.05) is 12.4 Å². The maximum absolute atomic E-state index is 12.0. The molecule has 0 aliphatic heterocycles. The van der Waals surface area contributed by atoms with Crippen molar-refractivity contribution in [3.8, 4) is 0 Å². The quantitative estimate of drug-likeness (QED) is 0.852. The average molecular weight is 358 g/mol. The molecule has 0 aliphatic carbocycles. The molecule has 104 valence electrons. The summed E-state index contributed by atoms with van der Waals surface area (Å²) in [5, 5.41) is 4.21. The lowest BCUT2D eigenvalue weighted by atomic mass is 10.2. The molecule has 2 rings (SSSR count). The van der Waals surface area contributed by atoms with Crippen molar-refractivity contribution in [1.82, 2.24) is 0 Å². The third kappa shape index (κ3) is 2.97. The summed E-state index contributed by atoms with van der Waals surface area (Å²) >= 11 is 4.14. The molecule has 2 aromatic heterocycles. The Hall–Kier alpha value is -1.93. The number of hydrogen-bond donors (Lipinski definition) is 1. The second-order valence-electron chi connectivity index (χ2n) is 3.58. The minimum Gasteiger partial charge on any atom is -0.465 e. The normalized spacial score (nSPS) is 10.1. The van der Waals surface area contributed by atoms with Gasteiger partial charge in [-0.15, -0.1) is 11.3 Å². The first-order valence-corrected chi connectivity index (χ1v) is 6.95. The van der Waals surface area contributed by atoms with E-state index < -0.39 is 17.5 Å². The monoisotopic (exact) mass is 357 g/mol. The van der Waals surface area contributed by atoms with Crippen molar-refractivity contribution in [2.24, 2.45) is 0 Å². The summed E-state index contributed by atoms with van der Waals surface area (Å²) in [6.45, 7) is 0. The molecule has 0 unspecified atom stereocenters. The summed E-state index contributed by atoms with van der Waals surface area (Å²) in [5.41, 5.74) is -0.0833. The fourth-order valence-electron chi connectivity index (χ4n) is 1.37. The highest BCUT2D eigenvalue weighted by atomic mass is 79.9. The van der Waals surface area contributed by atoms with Crippen LogP contribution in [0.5, 0.6) is 0 Å². The molecule has 0 atom stereocenters. The second-order valence-corrected chi connectivity index (χ2v) is 5.35. The smallest absolute Gasteiger partial charge is 0.350 e. The molecule has 0 aromatic carbocycles. The molecule has 8 heteroatoms. The standard InChI is InChI=1S/C12H8BrNO5S/c1-18-12(17)9-8(2-3-20-9)14-10(15)6-4-7(13)11(16)19-5-6/h2-5H,1H3,(H,14,15). The minimum absolute atomic E-state index is 0.142. The first kappa shape index (κ1) is 14.5. The lowest BCUT2D eigenvalue weighted by Crippen LogP contribution is -2.15. The third-order valence-corrected chi connectivity index (χ3v) is 3.76. The maximum Gasteiger partial charge on any atom is 0.350 e. The lowest BCUT2D eigenvalue weighted by Gasteiger charge is -2.05. The van der Waals surface area contributed by atoms with Crippen LogP contribution in [0.3, 0.4) is 0 Å². The molecule has 1 amide bonds. The van der Waals surface area contributed by atoms with Crippen molar-refractivity contribution < 1.29 is 18.7 Å². The molecule has 0 fully saturated rings. The lowest BCUT2D eigenvalue weighted by molar-refractivity contribution is 0.0607. The number of rotatable bonds is 3. The highest BCUT2D eigenvalue weighted by Gasteiger charge is 2.17. The van der Waals surface area contributed by atoms with Gasteiger partial charge in [-0.1, -0.05) is 0 Å². The summed E-state index contributed by atoms with van der Waals surface area (Å²) in [5.74, 6) is -1.03. The van der Waals surface area contributed by atoms with Gasteiger partial charge in [0.15, 0.2) is 0 Å². The second kappa shape index (κ2) is 6.02. The molecular formula is C12H8BrNO5S. The number of anilines is 1. The number of nitrogens with one attached hydrogen (secondary N) is 1. The van der Waals surface area contributed by atoms with Crippen LogP contribution in [0.15, 0.2) is 37.5 Å². The van der Waals surface area contributed by atoms with Crippen LogP contribution in [0.2, 0.25) is 0 Å². The van der Waals surface area contributed by atoms with E-state index in [-0.39, 0.29) is 14.9 Å². The Balaban J connectivity index is 2.24. The van der Waals surface area contributed by atoms with Gasteiger partial charge in [0.1, 0.15) is 15.6 Å². The Morgan fingerprint density at radius 3 is 2.85 bits per heavy atom. The SMILES string of the molecule is COC(=O)c1sccc1NC(=O)c1coc(=O)c(Br)c1. The predicted octanol–water partition coefficient (Wildman–Crippen LogP) is 2.50. The van der Waals surface area contributed by atoms with E-state index >= 15 is 0 Å². The Morgan fingerprint density at radius 2 is 2.20 bits per heavy atom. The van der Waals surface area contributed by atoms with Gasteiger partial charge >= 0.3 is 11.6 Å². The fourth-order valence-corrected chi connectivity index (χ4v) is 2.48. The van der Waals surface area contributed by atoms with Gasteiger partial charge in [-0.3, -0.25) is 4.79 Å². The number of ether oxygens (including phenoxy) is 1. The molecule has 6 nitrogen and oxygen atoms in total. The van der Waals surface area contributed by atoms with Crippen LogP contribution in [-0.2, 0) is 4.74 Å². The van der Waals surface area contributed by atoms with Gasteiger partial charge in [0.05, 0.1) is 18.4 Å². The number of halogens is 1. The van der Waals surface area contributed by atoms with Gasteiger partial charge < -0.3 is 14.5 Å². The van der Waals surface area contributed by atoms with Crippen LogP contribution in [0.25, 0.3) is 0 Å². The zero-order valence-corrected chi connectivity index (χ0v) is 12.5. The minimum atomic E-state index is -0.577. The number of carbonyl (C=O) groups excluding carboxylic acids is 2. The molecule has 2 heterocycles. The molecule has 20 heavy (non-hydrogen) atoms. The molecule has 0 bridgehead atoms. The van der Waals surface area contributed by atoms with Gasteiger partial charge in [0.2, 0.25) is 0 Å². The summed E-state index contributed by atoms with van der Waals surface area (Å²) in [4.78, 5) is 34.9. The van der Waals surface area contributed by atoms with E-state index in [1.54, 1.807) is 11.4 Å². The summed E-state index contributed by atoms with van der Waals surface area (Å²) in [6, 6.07) is 2.92. The van der Waals surface area contributed by atoms with Crippen molar-refractivity contribution in [2.45, 2.75) is 0 Å². The van der Waals surface area contributed by atoms with Crippen molar-refractivity contribution in [3.05, 3.63) is 49.1 Å². The van der Waals surface area contributed by atoms with E-state index in [9.17, 15) is 14.4 Å².